The first-order chi connectivity index (χ1) is 12.2. The molecule has 0 aliphatic carbocycles. The van der Waals surface area contributed by atoms with Crippen LogP contribution in [0.1, 0.15) is 20.3 Å². The lowest BCUT2D eigenvalue weighted by atomic mass is 10.1. The lowest BCUT2D eigenvalue weighted by Crippen LogP contribution is -2.10. The van der Waals surface area contributed by atoms with E-state index < -0.39 is 0 Å². The maximum absolute atomic E-state index is 11.3. The summed E-state index contributed by atoms with van der Waals surface area (Å²) in [5, 5.41) is 0. The Kier molecular flexibility index (Phi) is 13.0. The van der Waals surface area contributed by atoms with Crippen molar-refractivity contribution in [2.24, 2.45) is 5.92 Å². The molecule has 0 fully saturated rings. The van der Waals surface area contributed by atoms with Crippen LogP contribution in [0.5, 0.6) is 0 Å². The summed E-state index contributed by atoms with van der Waals surface area (Å²) in [6.07, 6.45) is 7.80. The molecule has 2 nitrogen and oxygen atoms in total. The third-order valence-corrected chi connectivity index (χ3v) is 2.16. The predicted octanol–water partition coefficient (Wildman–Crippen LogP) is 1.19. The number of hydrogen-bond donors (Lipinski definition) is 0. The molecular formula is C23H10O2. The molecule has 1 atom stereocenters. The van der Waals surface area contributed by atoms with Gasteiger partial charge in [-0.3, -0.25) is 4.79 Å². The van der Waals surface area contributed by atoms with E-state index in [0.717, 1.165) is 0 Å². The fraction of sp³-hybridized carbons (Fsp3) is 0.174. The van der Waals surface area contributed by atoms with Crippen LogP contribution in [0.2, 0.25) is 0 Å². The van der Waals surface area contributed by atoms with Crippen LogP contribution in [0.4, 0.5) is 0 Å². The fourth-order valence-corrected chi connectivity index (χ4v) is 0.811. The number of terminal acetylenes is 1. The van der Waals surface area contributed by atoms with E-state index in [1.165, 1.54) is 0 Å². The molecule has 0 aliphatic heterocycles. The second-order valence-corrected chi connectivity index (χ2v) is 3.85. The second-order valence-electron chi connectivity index (χ2n) is 3.85. The Morgan fingerprint density at radius 2 is 1.12 bits per heavy atom. The minimum atomic E-state index is -0.373. The SMILES string of the molecule is C#CC#CC#CC#CC#CC#CC#CC#CC#COC(=O)C(C)CC. The Labute approximate surface area is 149 Å². The Bertz CT molecular complexity index is 1040. The summed E-state index contributed by atoms with van der Waals surface area (Å²) >= 11 is 0. The number of esters is 1. The molecule has 0 amide bonds. The van der Waals surface area contributed by atoms with E-state index in [1.807, 2.05) is 6.92 Å². The largest absolute Gasteiger partial charge is 0.371 e. The fourth-order valence-electron chi connectivity index (χ4n) is 0.811. The standard InChI is InChI=1S/C23H10O2/c1-4-6-7-8-9-10-11-12-13-14-15-16-17-18-19-20-21-25-23(24)22(3)5-2/h1,22H,5H2,2-3H3. The van der Waals surface area contributed by atoms with Crippen LogP contribution in [-0.4, -0.2) is 5.97 Å². The number of hydrogen-bond acceptors (Lipinski definition) is 2. The molecule has 0 heterocycles. The van der Waals surface area contributed by atoms with Crippen LogP contribution in [0.25, 0.3) is 0 Å². The first kappa shape index (κ1) is 20.5. The summed E-state index contributed by atoms with van der Waals surface area (Å²) in [6.45, 7) is 3.65. The summed E-state index contributed by atoms with van der Waals surface area (Å²) in [5.41, 5.74) is 0. The molecule has 0 aromatic carbocycles. The molecule has 0 bridgehead atoms. The highest BCUT2D eigenvalue weighted by Gasteiger charge is 2.10. The van der Waals surface area contributed by atoms with Gasteiger partial charge in [0.1, 0.15) is 6.11 Å². The maximum atomic E-state index is 11.3. The smallest absolute Gasteiger partial charge is 0.322 e. The number of carbonyl (C=O) groups excluding carboxylic acids is 1. The average Bonchev–Trinajstić information content (AvgIpc) is 2.63. The highest BCUT2D eigenvalue weighted by molar-refractivity contribution is 5.73. The average molecular weight is 318 g/mol. The predicted molar refractivity (Wildman–Crippen MR) is 96.6 cm³/mol. The Hall–Kier alpha value is -4.49. The van der Waals surface area contributed by atoms with E-state index >= 15 is 0 Å². The van der Waals surface area contributed by atoms with Crippen LogP contribution in [0.3, 0.4) is 0 Å². The van der Waals surface area contributed by atoms with E-state index in [-0.39, 0.29) is 11.9 Å². The normalized spacial score (nSPS) is 6.76. The molecular weight excluding hydrogens is 308 g/mol. The first-order valence-electron chi connectivity index (χ1n) is 6.88. The Morgan fingerprint density at radius 1 is 0.760 bits per heavy atom. The van der Waals surface area contributed by atoms with Crippen molar-refractivity contribution in [3.8, 4) is 107 Å². The van der Waals surface area contributed by atoms with Gasteiger partial charge in [0.25, 0.3) is 0 Å². The zero-order valence-corrected chi connectivity index (χ0v) is 13.7. The molecule has 114 valence electrons. The van der Waals surface area contributed by atoms with Crippen molar-refractivity contribution in [3.63, 3.8) is 0 Å². The zero-order valence-electron chi connectivity index (χ0n) is 13.7. The summed E-state index contributed by atoms with van der Waals surface area (Å²) in [7, 11) is 0. The lowest BCUT2D eigenvalue weighted by Gasteiger charge is -2.01. The number of ether oxygens (including phenoxy) is 1. The van der Waals surface area contributed by atoms with Crippen molar-refractivity contribution >= 4 is 5.97 Å². The van der Waals surface area contributed by atoms with Gasteiger partial charge in [0.15, 0.2) is 0 Å². The van der Waals surface area contributed by atoms with Crippen molar-refractivity contribution in [3.05, 3.63) is 0 Å². The summed E-state index contributed by atoms with van der Waals surface area (Å²) in [6, 6.07) is 0. The molecule has 0 aromatic heterocycles. The topological polar surface area (TPSA) is 26.3 Å². The molecule has 0 radical (unpaired) electrons. The third kappa shape index (κ3) is 14.2. The molecule has 1 unspecified atom stereocenters. The molecule has 0 saturated heterocycles. The summed E-state index contributed by atoms with van der Waals surface area (Å²) < 4.78 is 4.68. The van der Waals surface area contributed by atoms with Crippen molar-refractivity contribution in [2.45, 2.75) is 20.3 Å². The molecule has 0 N–H and O–H groups in total. The molecule has 0 aromatic rings. The van der Waals surface area contributed by atoms with Crippen LogP contribution < -0.4 is 0 Å². The summed E-state index contributed by atoms with van der Waals surface area (Å²) in [5.74, 6) is 38.1. The quantitative estimate of drug-likeness (QED) is 0.565. The van der Waals surface area contributed by atoms with Gasteiger partial charge >= 0.3 is 5.97 Å². The van der Waals surface area contributed by atoms with Gasteiger partial charge in [-0.15, -0.1) is 6.42 Å². The third-order valence-electron chi connectivity index (χ3n) is 2.16. The van der Waals surface area contributed by atoms with Crippen molar-refractivity contribution in [1.29, 1.82) is 0 Å². The van der Waals surface area contributed by atoms with Crippen LogP contribution in [0, 0.1) is 113 Å². The van der Waals surface area contributed by atoms with Gasteiger partial charge < -0.3 is 4.74 Å². The Balaban J connectivity index is 4.34. The van der Waals surface area contributed by atoms with E-state index in [0.29, 0.717) is 6.42 Å². The van der Waals surface area contributed by atoms with Gasteiger partial charge in [-0.1, -0.05) is 13.8 Å². The van der Waals surface area contributed by atoms with Crippen LogP contribution in [-0.2, 0) is 9.53 Å². The van der Waals surface area contributed by atoms with E-state index in [4.69, 9.17) is 6.42 Å². The number of carbonyl (C=O) groups is 1. The molecule has 0 saturated carbocycles. The zero-order chi connectivity index (χ0) is 18.6. The van der Waals surface area contributed by atoms with E-state index in [9.17, 15) is 4.79 Å². The van der Waals surface area contributed by atoms with Gasteiger partial charge in [0, 0.05) is 47.4 Å². The molecule has 2 heteroatoms. The minimum absolute atomic E-state index is 0.183. The molecule has 0 rings (SSSR count). The molecule has 0 aliphatic rings. The van der Waals surface area contributed by atoms with Gasteiger partial charge in [0.05, 0.1) is 5.92 Å². The number of rotatable bonds is 2. The van der Waals surface area contributed by atoms with Gasteiger partial charge in [-0.2, -0.15) is 0 Å². The molecule has 0 spiro atoms. The second kappa shape index (κ2) is 15.9. The van der Waals surface area contributed by atoms with Gasteiger partial charge in [0.2, 0.25) is 0 Å². The van der Waals surface area contributed by atoms with Gasteiger partial charge in [-0.05, 0) is 53.8 Å². The monoisotopic (exact) mass is 318 g/mol. The highest BCUT2D eigenvalue weighted by atomic mass is 16.5. The highest BCUT2D eigenvalue weighted by Crippen LogP contribution is 2.01. The Morgan fingerprint density at radius 3 is 1.48 bits per heavy atom. The van der Waals surface area contributed by atoms with Crippen molar-refractivity contribution < 1.29 is 9.53 Å². The maximum Gasteiger partial charge on any atom is 0.322 e. The van der Waals surface area contributed by atoms with Crippen LogP contribution in [0.15, 0.2) is 0 Å². The van der Waals surface area contributed by atoms with Crippen molar-refractivity contribution in [1.82, 2.24) is 0 Å². The first-order valence-corrected chi connectivity index (χ1v) is 6.88. The van der Waals surface area contributed by atoms with Crippen molar-refractivity contribution in [2.75, 3.05) is 0 Å². The van der Waals surface area contributed by atoms with E-state index in [2.05, 4.69) is 106 Å². The van der Waals surface area contributed by atoms with Gasteiger partial charge in [-0.25, -0.2) is 0 Å². The lowest BCUT2D eigenvalue weighted by molar-refractivity contribution is -0.140. The summed E-state index contributed by atoms with van der Waals surface area (Å²) in [4.78, 5) is 11.3. The minimum Gasteiger partial charge on any atom is -0.371 e. The molecule has 25 heavy (non-hydrogen) atoms. The van der Waals surface area contributed by atoms with E-state index in [1.54, 1.807) is 6.92 Å². The van der Waals surface area contributed by atoms with Crippen LogP contribution >= 0.6 is 0 Å².